The van der Waals surface area contributed by atoms with Gasteiger partial charge >= 0.3 is 0 Å². The van der Waals surface area contributed by atoms with Crippen LogP contribution in [0.3, 0.4) is 0 Å². The number of carbonyl (C=O) groups is 3. The Kier molecular flexibility index (Phi) is 6.92. The number of anilines is 1. The Labute approximate surface area is 222 Å². The summed E-state index contributed by atoms with van der Waals surface area (Å²) in [5, 5.41) is 15.7. The highest BCUT2D eigenvalue weighted by Crippen LogP contribution is 2.65. The molecule has 9 heteroatoms. The number of aliphatic hydroxyl groups excluding tert-OH is 1. The summed E-state index contributed by atoms with van der Waals surface area (Å²) in [7, 11) is 0. The fourth-order valence-corrected chi connectivity index (χ4v) is 6.69. The highest BCUT2D eigenvalue weighted by molar-refractivity contribution is 6.02. The van der Waals surface area contributed by atoms with Gasteiger partial charge in [0.1, 0.15) is 17.4 Å². The van der Waals surface area contributed by atoms with E-state index in [0.717, 1.165) is 5.56 Å². The van der Waals surface area contributed by atoms with E-state index in [4.69, 9.17) is 9.47 Å². The lowest BCUT2D eigenvalue weighted by molar-refractivity contribution is -0.146. The number of hydrogen-bond acceptors (Lipinski definition) is 6. The zero-order chi connectivity index (χ0) is 27.1. The van der Waals surface area contributed by atoms with Gasteiger partial charge in [-0.15, -0.1) is 0 Å². The van der Waals surface area contributed by atoms with Crippen molar-refractivity contribution in [3.8, 4) is 5.75 Å². The van der Waals surface area contributed by atoms with Crippen LogP contribution in [-0.4, -0.2) is 64.7 Å². The number of likely N-dealkylation sites (tertiary alicyclic amines) is 1. The summed E-state index contributed by atoms with van der Waals surface area (Å²) in [5.41, 5.74) is -0.556. The summed E-state index contributed by atoms with van der Waals surface area (Å²) in [6, 6.07) is 15.6. The highest BCUT2D eigenvalue weighted by Gasteiger charge is 2.79. The number of β-amino-alcohol motifs (C(OH)–C–C–N with tert-alkyl or cyclic N) is 1. The maximum absolute atomic E-state index is 13.8. The lowest BCUT2D eigenvalue weighted by Crippen LogP contribution is -2.55. The molecule has 3 aliphatic rings. The van der Waals surface area contributed by atoms with E-state index < -0.39 is 29.1 Å². The second kappa shape index (κ2) is 10.0. The molecular weight excluding hydrogens is 486 g/mol. The number of amides is 3. The molecule has 0 radical (unpaired) electrons. The third kappa shape index (κ3) is 4.14. The van der Waals surface area contributed by atoms with Crippen molar-refractivity contribution in [1.29, 1.82) is 0 Å². The second-order valence-electron chi connectivity index (χ2n) is 10.6. The van der Waals surface area contributed by atoms with E-state index in [2.05, 4.69) is 10.6 Å². The molecule has 5 rings (SSSR count). The Bertz CT molecular complexity index is 1200. The third-order valence-electron chi connectivity index (χ3n) is 8.43. The number of hydrogen-bond donors (Lipinski definition) is 3. The average Bonchev–Trinajstić information content (AvgIpc) is 3.41. The van der Waals surface area contributed by atoms with E-state index in [1.165, 1.54) is 4.90 Å². The van der Waals surface area contributed by atoms with Gasteiger partial charge in [0.15, 0.2) is 0 Å². The van der Waals surface area contributed by atoms with E-state index in [9.17, 15) is 19.5 Å². The number of benzene rings is 2. The SMILES string of the molecule is CCOc1ccc(NC(=O)[C@H]2[C@H]3C(=O)N(CCO)C(C(=O)NCc4ccccc4)C34CC(C)[C@]2(C)O4)cc1. The molecule has 0 aromatic heterocycles. The van der Waals surface area contributed by atoms with Gasteiger partial charge < -0.3 is 30.1 Å². The first-order chi connectivity index (χ1) is 18.2. The molecule has 3 unspecified atom stereocenters. The number of nitrogens with zero attached hydrogens (tertiary/aromatic N) is 1. The molecule has 3 saturated heterocycles. The van der Waals surface area contributed by atoms with Crippen LogP contribution < -0.4 is 15.4 Å². The summed E-state index contributed by atoms with van der Waals surface area (Å²) < 4.78 is 12.1. The van der Waals surface area contributed by atoms with Gasteiger partial charge in [0, 0.05) is 18.8 Å². The molecule has 2 bridgehead atoms. The molecule has 3 aliphatic heterocycles. The van der Waals surface area contributed by atoms with Gasteiger partial charge in [-0.05, 0) is 56.0 Å². The molecule has 3 heterocycles. The number of nitrogens with one attached hydrogen (secondary N) is 2. The first kappa shape index (κ1) is 26.2. The monoisotopic (exact) mass is 521 g/mol. The molecular formula is C29H35N3O6. The zero-order valence-corrected chi connectivity index (χ0v) is 22.0. The Balaban J connectivity index is 1.44. The summed E-state index contributed by atoms with van der Waals surface area (Å²) in [6.07, 6.45) is 0.470. The minimum atomic E-state index is -1.15. The van der Waals surface area contributed by atoms with Crippen molar-refractivity contribution in [3.05, 3.63) is 60.2 Å². The van der Waals surface area contributed by atoms with Crippen molar-refractivity contribution in [2.24, 2.45) is 17.8 Å². The molecule has 3 amide bonds. The molecule has 3 N–H and O–H groups in total. The second-order valence-corrected chi connectivity index (χ2v) is 10.6. The average molecular weight is 522 g/mol. The number of ether oxygens (including phenoxy) is 2. The van der Waals surface area contributed by atoms with Crippen molar-refractivity contribution in [1.82, 2.24) is 10.2 Å². The molecule has 2 aromatic carbocycles. The summed E-state index contributed by atoms with van der Waals surface area (Å²) in [5.74, 6) is -1.99. The van der Waals surface area contributed by atoms with E-state index in [1.807, 2.05) is 51.1 Å². The molecule has 3 fully saturated rings. The first-order valence-electron chi connectivity index (χ1n) is 13.2. The van der Waals surface area contributed by atoms with Crippen LogP contribution in [0.1, 0.15) is 32.8 Å². The van der Waals surface area contributed by atoms with Gasteiger partial charge in [-0.2, -0.15) is 0 Å². The molecule has 38 heavy (non-hydrogen) atoms. The first-order valence-corrected chi connectivity index (χ1v) is 13.2. The minimum absolute atomic E-state index is 0.0117. The standard InChI is InChI=1S/C29H35N3O6/c1-4-37-21-12-10-20(11-13-21)31-25(34)22-23-27(36)32(14-15-33)24(29(23)16-18(2)28(22,3)38-29)26(35)30-17-19-8-6-5-7-9-19/h5-13,18,22-24,33H,4,14-17H2,1-3H3,(H,30,35)(H,31,34)/t18?,22-,23+,24?,28+,29?/m1/s1. The summed E-state index contributed by atoms with van der Waals surface area (Å²) in [6.45, 7) is 6.30. The van der Waals surface area contributed by atoms with Gasteiger partial charge in [-0.3, -0.25) is 14.4 Å². The van der Waals surface area contributed by atoms with Gasteiger partial charge in [-0.25, -0.2) is 0 Å². The van der Waals surface area contributed by atoms with Crippen molar-refractivity contribution in [2.45, 2.75) is 51.0 Å². The Morgan fingerprint density at radius 2 is 1.84 bits per heavy atom. The van der Waals surface area contributed by atoms with Crippen LogP contribution in [0, 0.1) is 17.8 Å². The number of aliphatic hydroxyl groups is 1. The van der Waals surface area contributed by atoms with Gasteiger partial charge in [-0.1, -0.05) is 37.3 Å². The van der Waals surface area contributed by atoms with Gasteiger partial charge in [0.2, 0.25) is 17.7 Å². The van der Waals surface area contributed by atoms with Crippen LogP contribution in [0.25, 0.3) is 0 Å². The fraction of sp³-hybridized carbons (Fsp3) is 0.483. The van der Waals surface area contributed by atoms with E-state index in [1.54, 1.807) is 24.3 Å². The number of rotatable bonds is 9. The maximum Gasteiger partial charge on any atom is 0.246 e. The predicted octanol–water partition coefficient (Wildman–Crippen LogP) is 2.34. The van der Waals surface area contributed by atoms with Crippen molar-refractivity contribution >= 4 is 23.4 Å². The molecule has 6 atom stereocenters. The lowest BCUT2D eigenvalue weighted by Gasteiger charge is -2.36. The normalized spacial score (nSPS) is 31.3. The largest absolute Gasteiger partial charge is 0.494 e. The van der Waals surface area contributed by atoms with Crippen LogP contribution in [0.15, 0.2) is 54.6 Å². The van der Waals surface area contributed by atoms with Crippen molar-refractivity contribution in [3.63, 3.8) is 0 Å². The van der Waals surface area contributed by atoms with Crippen LogP contribution >= 0.6 is 0 Å². The van der Waals surface area contributed by atoms with Crippen LogP contribution in [0.5, 0.6) is 5.75 Å². The zero-order valence-electron chi connectivity index (χ0n) is 22.0. The molecule has 2 aromatic rings. The quantitative estimate of drug-likeness (QED) is 0.466. The highest BCUT2D eigenvalue weighted by atomic mass is 16.5. The molecule has 9 nitrogen and oxygen atoms in total. The molecule has 0 saturated carbocycles. The van der Waals surface area contributed by atoms with Crippen molar-refractivity contribution in [2.75, 3.05) is 25.1 Å². The van der Waals surface area contributed by atoms with E-state index in [0.29, 0.717) is 31.0 Å². The van der Waals surface area contributed by atoms with Gasteiger partial charge in [0.05, 0.1) is 30.7 Å². The topological polar surface area (TPSA) is 117 Å². The van der Waals surface area contributed by atoms with Crippen molar-refractivity contribution < 1.29 is 29.0 Å². The smallest absolute Gasteiger partial charge is 0.246 e. The molecule has 1 spiro atoms. The molecule has 202 valence electrons. The predicted molar refractivity (Wildman–Crippen MR) is 140 cm³/mol. The fourth-order valence-electron chi connectivity index (χ4n) is 6.69. The van der Waals surface area contributed by atoms with E-state index in [-0.39, 0.29) is 36.8 Å². The van der Waals surface area contributed by atoms with Crippen LogP contribution in [0.2, 0.25) is 0 Å². The Hall–Kier alpha value is -3.43. The summed E-state index contributed by atoms with van der Waals surface area (Å²) in [4.78, 5) is 42.7. The minimum Gasteiger partial charge on any atom is -0.494 e. The Morgan fingerprint density at radius 3 is 2.50 bits per heavy atom. The van der Waals surface area contributed by atoms with Crippen LogP contribution in [0.4, 0.5) is 5.69 Å². The maximum atomic E-state index is 13.8. The van der Waals surface area contributed by atoms with E-state index >= 15 is 0 Å². The lowest BCUT2D eigenvalue weighted by atomic mass is 9.62. The van der Waals surface area contributed by atoms with Crippen LogP contribution in [-0.2, 0) is 25.7 Å². The third-order valence-corrected chi connectivity index (χ3v) is 8.43. The summed E-state index contributed by atoms with van der Waals surface area (Å²) >= 11 is 0. The molecule has 0 aliphatic carbocycles. The van der Waals surface area contributed by atoms with Gasteiger partial charge in [0.25, 0.3) is 0 Å². The number of fused-ring (bicyclic) bond motifs is 1. The number of carbonyl (C=O) groups excluding carboxylic acids is 3. The Morgan fingerprint density at radius 1 is 1.13 bits per heavy atom.